The average Bonchev–Trinajstić information content (AvgIpc) is 3.35. The van der Waals surface area contributed by atoms with E-state index in [0.29, 0.717) is 11.0 Å². The van der Waals surface area contributed by atoms with Crippen molar-refractivity contribution < 1.29 is 28.7 Å². The number of carboxylic acid groups (broad SMARTS) is 1. The van der Waals surface area contributed by atoms with Gasteiger partial charge in [-0.05, 0) is 73.1 Å². The van der Waals surface area contributed by atoms with Crippen LogP contribution in [0.4, 0.5) is 10.5 Å². The standard InChI is InChI=1S/C31H33BN2O6/c1-30(2)31(3,4)40-32(39-30)20(15-19-13-14-27(33)25(16-19)28(35)36)17-34-29(37)38-18-26-23-11-7-5-9-21(23)22-10-6-8-12-24(22)26/h5-16,26H,17-18,33H2,1-4H3,(H,34,37)(H,35,36). The fraction of sp³-hybridized carbons (Fsp3) is 0.290. The van der Waals surface area contributed by atoms with E-state index in [9.17, 15) is 14.7 Å². The van der Waals surface area contributed by atoms with Crippen LogP contribution in [0, 0.1) is 0 Å². The lowest BCUT2D eigenvalue weighted by Crippen LogP contribution is -2.41. The summed E-state index contributed by atoms with van der Waals surface area (Å²) in [4.78, 5) is 24.5. The molecule has 5 rings (SSSR count). The van der Waals surface area contributed by atoms with Crippen molar-refractivity contribution in [2.24, 2.45) is 0 Å². The number of fused-ring (bicyclic) bond motifs is 3. The Bertz CT molecular complexity index is 1440. The van der Waals surface area contributed by atoms with E-state index in [1.165, 1.54) is 12.1 Å². The lowest BCUT2D eigenvalue weighted by atomic mass is 9.77. The molecule has 0 radical (unpaired) electrons. The molecule has 3 aromatic rings. The lowest BCUT2D eigenvalue weighted by Gasteiger charge is -2.32. The smallest absolute Gasteiger partial charge is 0.478 e. The van der Waals surface area contributed by atoms with Crippen LogP contribution in [0.1, 0.15) is 60.7 Å². The van der Waals surface area contributed by atoms with Gasteiger partial charge in [0.1, 0.15) is 6.61 Å². The molecule has 0 aromatic heterocycles. The van der Waals surface area contributed by atoms with Crippen LogP contribution in [0.2, 0.25) is 0 Å². The number of hydrogen-bond acceptors (Lipinski definition) is 6. The van der Waals surface area contributed by atoms with Crippen LogP contribution in [0.25, 0.3) is 17.2 Å². The average molecular weight is 540 g/mol. The Kier molecular flexibility index (Phi) is 7.20. The van der Waals surface area contributed by atoms with Crippen molar-refractivity contribution in [3.8, 4) is 11.1 Å². The largest absolute Gasteiger partial charge is 0.492 e. The van der Waals surface area contributed by atoms with Gasteiger partial charge >= 0.3 is 19.2 Å². The van der Waals surface area contributed by atoms with Gasteiger partial charge in [-0.2, -0.15) is 0 Å². The number of nitrogens with one attached hydrogen (secondary N) is 1. The van der Waals surface area contributed by atoms with Crippen LogP contribution in [0.3, 0.4) is 0 Å². The molecule has 2 aliphatic rings. The van der Waals surface area contributed by atoms with Gasteiger partial charge in [0.2, 0.25) is 0 Å². The third-order valence-electron chi connectivity index (χ3n) is 8.00. The zero-order chi connectivity index (χ0) is 28.7. The van der Waals surface area contributed by atoms with Crippen molar-refractivity contribution >= 4 is 30.9 Å². The second kappa shape index (κ2) is 10.5. The highest BCUT2D eigenvalue weighted by Gasteiger charge is 2.52. The predicted octanol–water partition coefficient (Wildman–Crippen LogP) is 5.52. The summed E-state index contributed by atoms with van der Waals surface area (Å²) in [6.45, 7) is 8.02. The first-order valence-electron chi connectivity index (χ1n) is 13.2. The highest BCUT2D eigenvalue weighted by atomic mass is 16.7. The first-order valence-corrected chi connectivity index (χ1v) is 13.2. The second-order valence-corrected chi connectivity index (χ2v) is 11.1. The summed E-state index contributed by atoms with van der Waals surface area (Å²) in [6, 6.07) is 21.0. The molecule has 0 spiro atoms. The summed E-state index contributed by atoms with van der Waals surface area (Å²) >= 11 is 0. The molecule has 206 valence electrons. The maximum atomic E-state index is 12.9. The number of nitrogen functional groups attached to an aromatic ring is 1. The van der Waals surface area contributed by atoms with E-state index >= 15 is 0 Å². The van der Waals surface area contributed by atoms with Gasteiger partial charge in [0.25, 0.3) is 0 Å². The van der Waals surface area contributed by atoms with Gasteiger partial charge in [-0.1, -0.05) is 60.7 Å². The first-order chi connectivity index (χ1) is 19.0. The third kappa shape index (κ3) is 5.22. The molecule has 0 unspecified atom stereocenters. The molecular formula is C31H33BN2O6. The fourth-order valence-electron chi connectivity index (χ4n) is 5.08. The van der Waals surface area contributed by atoms with Crippen LogP contribution in [0.15, 0.2) is 72.2 Å². The van der Waals surface area contributed by atoms with E-state index in [1.54, 1.807) is 12.1 Å². The SMILES string of the molecule is CC1(C)OB(C(=Cc2ccc(N)c(C(=O)O)c2)CNC(=O)OCC2c3ccccc3-c3ccccc32)OC1(C)C. The number of carboxylic acids is 1. The molecule has 0 saturated carbocycles. The van der Waals surface area contributed by atoms with Crippen LogP contribution >= 0.6 is 0 Å². The molecule has 1 fully saturated rings. The number of rotatable bonds is 7. The second-order valence-electron chi connectivity index (χ2n) is 11.1. The summed E-state index contributed by atoms with van der Waals surface area (Å²) in [7, 11) is -0.760. The van der Waals surface area contributed by atoms with E-state index in [-0.39, 0.29) is 30.3 Å². The van der Waals surface area contributed by atoms with Crippen molar-refractivity contribution in [3.63, 3.8) is 0 Å². The number of ether oxygens (including phenoxy) is 1. The molecule has 9 heteroatoms. The Hall–Kier alpha value is -4.08. The quantitative estimate of drug-likeness (QED) is 0.267. The summed E-state index contributed by atoms with van der Waals surface area (Å²) in [5.74, 6) is -1.18. The molecule has 0 atom stereocenters. The predicted molar refractivity (Wildman–Crippen MR) is 155 cm³/mol. The molecule has 1 heterocycles. The monoisotopic (exact) mass is 540 g/mol. The number of carbonyl (C=O) groups excluding carboxylic acids is 1. The minimum absolute atomic E-state index is 0.00786. The third-order valence-corrected chi connectivity index (χ3v) is 8.00. The molecule has 1 aliphatic heterocycles. The van der Waals surface area contributed by atoms with Crippen molar-refractivity contribution in [1.29, 1.82) is 0 Å². The number of amides is 1. The van der Waals surface area contributed by atoms with E-state index < -0.39 is 30.4 Å². The van der Waals surface area contributed by atoms with Crippen molar-refractivity contribution in [3.05, 3.63) is 94.5 Å². The molecule has 0 bridgehead atoms. The number of aromatic carboxylic acids is 1. The number of nitrogens with two attached hydrogens (primary N) is 1. The number of benzene rings is 3. The lowest BCUT2D eigenvalue weighted by molar-refractivity contribution is 0.00578. The number of hydrogen-bond donors (Lipinski definition) is 3. The molecular weight excluding hydrogens is 507 g/mol. The molecule has 40 heavy (non-hydrogen) atoms. The summed E-state index contributed by atoms with van der Waals surface area (Å²) in [5, 5.41) is 12.3. The van der Waals surface area contributed by atoms with E-state index in [2.05, 4.69) is 29.6 Å². The van der Waals surface area contributed by atoms with Crippen LogP contribution < -0.4 is 11.1 Å². The van der Waals surface area contributed by atoms with Gasteiger partial charge in [-0.15, -0.1) is 0 Å². The van der Waals surface area contributed by atoms with E-state index in [4.69, 9.17) is 19.8 Å². The van der Waals surface area contributed by atoms with Crippen LogP contribution in [-0.4, -0.2) is 48.6 Å². The summed E-state index contributed by atoms with van der Waals surface area (Å²) < 4.78 is 18.2. The highest BCUT2D eigenvalue weighted by molar-refractivity contribution is 6.56. The number of alkyl carbamates (subject to hydrolysis) is 1. The Morgan fingerprint density at radius 3 is 2.12 bits per heavy atom. The van der Waals surface area contributed by atoms with Gasteiger partial charge in [-0.3, -0.25) is 0 Å². The fourth-order valence-corrected chi connectivity index (χ4v) is 5.08. The zero-order valence-electron chi connectivity index (χ0n) is 23.1. The molecule has 1 aliphatic carbocycles. The van der Waals surface area contributed by atoms with Crippen molar-refractivity contribution in [2.45, 2.75) is 44.8 Å². The summed E-state index contributed by atoms with van der Waals surface area (Å²) in [6.07, 6.45) is 1.17. The van der Waals surface area contributed by atoms with Crippen LogP contribution in [-0.2, 0) is 14.0 Å². The maximum Gasteiger partial charge on any atom is 0.492 e. The molecule has 1 amide bonds. The van der Waals surface area contributed by atoms with Gasteiger partial charge in [-0.25, -0.2) is 9.59 Å². The summed E-state index contributed by atoms with van der Waals surface area (Å²) in [5.41, 5.74) is 10.6. The van der Waals surface area contributed by atoms with E-state index in [1.807, 2.05) is 52.0 Å². The minimum atomic E-state index is -1.12. The molecule has 3 aromatic carbocycles. The normalized spacial score (nSPS) is 17.3. The Labute approximate surface area is 234 Å². The highest BCUT2D eigenvalue weighted by Crippen LogP contribution is 2.44. The van der Waals surface area contributed by atoms with Gasteiger partial charge in [0.15, 0.2) is 0 Å². The Morgan fingerprint density at radius 1 is 0.975 bits per heavy atom. The Balaban J connectivity index is 1.33. The molecule has 8 nitrogen and oxygen atoms in total. The molecule has 4 N–H and O–H groups in total. The van der Waals surface area contributed by atoms with Gasteiger partial charge in [0.05, 0.1) is 16.8 Å². The molecule has 1 saturated heterocycles. The van der Waals surface area contributed by atoms with Crippen molar-refractivity contribution in [1.82, 2.24) is 5.32 Å². The topological polar surface area (TPSA) is 120 Å². The maximum absolute atomic E-state index is 12.9. The number of carbonyl (C=O) groups is 2. The van der Waals surface area contributed by atoms with Crippen LogP contribution in [0.5, 0.6) is 0 Å². The van der Waals surface area contributed by atoms with Crippen molar-refractivity contribution in [2.75, 3.05) is 18.9 Å². The van der Waals surface area contributed by atoms with Gasteiger partial charge < -0.3 is 30.2 Å². The van der Waals surface area contributed by atoms with E-state index in [0.717, 1.165) is 22.3 Å². The Morgan fingerprint density at radius 2 is 1.55 bits per heavy atom. The number of anilines is 1. The minimum Gasteiger partial charge on any atom is -0.478 e. The first kappa shape index (κ1) is 27.5. The van der Waals surface area contributed by atoms with Gasteiger partial charge in [0, 0.05) is 18.2 Å². The zero-order valence-corrected chi connectivity index (χ0v) is 23.1.